The van der Waals surface area contributed by atoms with Crippen molar-refractivity contribution in [1.82, 2.24) is 9.78 Å². The summed E-state index contributed by atoms with van der Waals surface area (Å²) in [6.07, 6.45) is 1.12. The zero-order chi connectivity index (χ0) is 20.9. The molecule has 0 spiro atoms. The van der Waals surface area contributed by atoms with Crippen molar-refractivity contribution in [2.45, 2.75) is 26.7 Å². The molecule has 0 aliphatic carbocycles. The second-order valence-corrected chi connectivity index (χ2v) is 7.51. The molecule has 0 fully saturated rings. The van der Waals surface area contributed by atoms with E-state index in [2.05, 4.69) is 36.5 Å². The molecule has 4 rings (SSSR count). The molecule has 0 atom stereocenters. The van der Waals surface area contributed by atoms with Crippen LogP contribution in [-0.2, 0) is 11.2 Å². The molecule has 0 bridgehead atoms. The van der Waals surface area contributed by atoms with Crippen molar-refractivity contribution in [1.29, 1.82) is 0 Å². The number of amides is 1. The Bertz CT molecular complexity index is 1140. The number of hydrogen-bond acceptors (Lipinski definition) is 2. The fourth-order valence-corrected chi connectivity index (χ4v) is 3.43. The summed E-state index contributed by atoms with van der Waals surface area (Å²) in [6, 6.07) is 28.3. The maximum Gasteiger partial charge on any atom is 0.225 e. The maximum atomic E-state index is 12.7. The van der Waals surface area contributed by atoms with Crippen molar-refractivity contribution in [3.8, 4) is 16.9 Å². The molecule has 30 heavy (non-hydrogen) atoms. The molecule has 4 nitrogen and oxygen atoms in total. The second kappa shape index (κ2) is 8.78. The van der Waals surface area contributed by atoms with Crippen molar-refractivity contribution in [3.05, 3.63) is 102 Å². The molecule has 4 aromatic rings. The zero-order valence-electron chi connectivity index (χ0n) is 17.3. The lowest BCUT2D eigenvalue weighted by molar-refractivity contribution is -0.116. The average Bonchev–Trinajstić information content (AvgIpc) is 3.17. The van der Waals surface area contributed by atoms with Crippen molar-refractivity contribution >= 4 is 11.7 Å². The Labute approximate surface area is 177 Å². The summed E-state index contributed by atoms with van der Waals surface area (Å²) in [5, 5.41) is 7.88. The minimum atomic E-state index is -0.0240. The predicted molar refractivity (Wildman–Crippen MR) is 122 cm³/mol. The number of aromatic nitrogens is 2. The third kappa shape index (κ3) is 4.49. The van der Waals surface area contributed by atoms with Gasteiger partial charge in [-0.05, 0) is 37.5 Å². The molecule has 1 amide bonds. The highest BCUT2D eigenvalue weighted by Crippen LogP contribution is 2.26. The van der Waals surface area contributed by atoms with Crippen LogP contribution in [0.5, 0.6) is 0 Å². The number of aryl methyl sites for hydroxylation is 3. The number of nitrogens with zero attached hydrogens (tertiary/aromatic N) is 2. The Kier molecular flexibility index (Phi) is 5.75. The van der Waals surface area contributed by atoms with Gasteiger partial charge in [0.25, 0.3) is 0 Å². The van der Waals surface area contributed by atoms with Crippen LogP contribution in [0.4, 0.5) is 5.82 Å². The number of nitrogens with one attached hydrogen (secondary N) is 1. The van der Waals surface area contributed by atoms with E-state index in [9.17, 15) is 4.79 Å². The largest absolute Gasteiger partial charge is 0.311 e. The molecule has 1 aromatic heterocycles. The van der Waals surface area contributed by atoms with Crippen LogP contribution in [0.3, 0.4) is 0 Å². The summed E-state index contributed by atoms with van der Waals surface area (Å²) in [7, 11) is 0. The Morgan fingerprint density at radius 2 is 1.60 bits per heavy atom. The summed E-state index contributed by atoms with van der Waals surface area (Å²) in [5.41, 5.74) is 6.25. The van der Waals surface area contributed by atoms with Crippen LogP contribution in [-0.4, -0.2) is 15.7 Å². The lowest BCUT2D eigenvalue weighted by Gasteiger charge is -2.11. The van der Waals surface area contributed by atoms with Crippen LogP contribution < -0.4 is 5.32 Å². The second-order valence-electron chi connectivity index (χ2n) is 7.51. The third-order valence-electron chi connectivity index (χ3n) is 5.15. The molecule has 3 aromatic carbocycles. The van der Waals surface area contributed by atoms with Crippen molar-refractivity contribution in [2.75, 3.05) is 5.32 Å². The molecule has 0 aliphatic heterocycles. The molecule has 0 saturated heterocycles. The number of benzene rings is 3. The summed E-state index contributed by atoms with van der Waals surface area (Å²) in [5.74, 6) is 0.655. The molecule has 0 radical (unpaired) electrons. The number of hydrogen-bond donors (Lipinski definition) is 1. The smallest absolute Gasteiger partial charge is 0.225 e. The first-order valence-corrected chi connectivity index (χ1v) is 10.2. The van der Waals surface area contributed by atoms with Gasteiger partial charge in [0.15, 0.2) is 0 Å². The van der Waals surface area contributed by atoms with Gasteiger partial charge in [-0.3, -0.25) is 4.79 Å². The van der Waals surface area contributed by atoms with E-state index in [0.29, 0.717) is 18.7 Å². The first kappa shape index (κ1) is 19.6. The monoisotopic (exact) mass is 395 g/mol. The fourth-order valence-electron chi connectivity index (χ4n) is 3.43. The normalized spacial score (nSPS) is 10.7. The van der Waals surface area contributed by atoms with Crippen molar-refractivity contribution < 1.29 is 4.79 Å². The van der Waals surface area contributed by atoms with Crippen LogP contribution in [0, 0.1) is 13.8 Å². The molecule has 0 aliphatic rings. The summed E-state index contributed by atoms with van der Waals surface area (Å²) < 4.78 is 1.82. The van der Waals surface area contributed by atoms with Crippen molar-refractivity contribution in [3.63, 3.8) is 0 Å². The van der Waals surface area contributed by atoms with E-state index < -0.39 is 0 Å². The average molecular weight is 396 g/mol. The Hall–Kier alpha value is -3.66. The SMILES string of the molecule is Cc1ccc(-c2cc(NC(=O)CCc3ccccc3)n(-c3ccccc3C)n2)cc1. The molecule has 1 heterocycles. The third-order valence-corrected chi connectivity index (χ3v) is 5.15. The lowest BCUT2D eigenvalue weighted by Crippen LogP contribution is -2.15. The van der Waals surface area contributed by atoms with Crippen LogP contribution >= 0.6 is 0 Å². The standard InChI is InChI=1S/C26H25N3O/c1-19-12-15-22(16-13-19)23-18-25(29(28-23)24-11-7-6-8-20(24)2)27-26(30)17-14-21-9-4-3-5-10-21/h3-13,15-16,18H,14,17H2,1-2H3,(H,27,30). The Balaban J connectivity index is 1.62. The predicted octanol–water partition coefficient (Wildman–Crippen LogP) is 5.73. The molecule has 4 heteroatoms. The van der Waals surface area contributed by atoms with Gasteiger partial charge in [-0.1, -0.05) is 78.4 Å². The van der Waals surface area contributed by atoms with Gasteiger partial charge in [0.2, 0.25) is 5.91 Å². The quantitative estimate of drug-likeness (QED) is 0.453. The summed E-state index contributed by atoms with van der Waals surface area (Å²) in [4.78, 5) is 12.7. The van der Waals surface area contributed by atoms with Crippen molar-refractivity contribution in [2.24, 2.45) is 0 Å². The van der Waals surface area contributed by atoms with Gasteiger partial charge in [0, 0.05) is 18.1 Å². The molecular formula is C26H25N3O. The minimum absolute atomic E-state index is 0.0240. The molecule has 0 saturated carbocycles. The van der Waals surface area contributed by atoms with E-state index in [4.69, 9.17) is 5.10 Å². The Morgan fingerprint density at radius 1 is 0.900 bits per heavy atom. The number of anilines is 1. The van der Waals surface area contributed by atoms with E-state index in [-0.39, 0.29) is 5.91 Å². The fraction of sp³-hybridized carbons (Fsp3) is 0.154. The van der Waals surface area contributed by atoms with Gasteiger partial charge in [0.05, 0.1) is 11.4 Å². The zero-order valence-corrected chi connectivity index (χ0v) is 17.3. The number of carbonyl (C=O) groups excluding carboxylic acids is 1. The highest BCUT2D eigenvalue weighted by atomic mass is 16.1. The number of rotatable bonds is 6. The Morgan fingerprint density at radius 3 is 2.33 bits per heavy atom. The van der Waals surface area contributed by atoms with Gasteiger partial charge in [-0.25, -0.2) is 4.68 Å². The van der Waals surface area contributed by atoms with Crippen LogP contribution in [0.15, 0.2) is 84.9 Å². The van der Waals surface area contributed by atoms with Gasteiger partial charge in [-0.2, -0.15) is 5.10 Å². The summed E-state index contributed by atoms with van der Waals surface area (Å²) >= 11 is 0. The lowest BCUT2D eigenvalue weighted by atomic mass is 10.1. The minimum Gasteiger partial charge on any atom is -0.311 e. The summed E-state index contributed by atoms with van der Waals surface area (Å²) in [6.45, 7) is 4.11. The molecule has 1 N–H and O–H groups in total. The van der Waals surface area contributed by atoms with E-state index >= 15 is 0 Å². The van der Waals surface area contributed by atoms with E-state index in [1.165, 1.54) is 5.56 Å². The molecule has 0 unspecified atom stereocenters. The van der Waals surface area contributed by atoms with Gasteiger partial charge >= 0.3 is 0 Å². The van der Waals surface area contributed by atoms with E-state index in [0.717, 1.165) is 28.1 Å². The highest BCUT2D eigenvalue weighted by Gasteiger charge is 2.15. The highest BCUT2D eigenvalue weighted by molar-refractivity contribution is 5.91. The van der Waals surface area contributed by atoms with Crippen LogP contribution in [0.2, 0.25) is 0 Å². The topological polar surface area (TPSA) is 46.9 Å². The maximum absolute atomic E-state index is 12.7. The molecule has 150 valence electrons. The van der Waals surface area contributed by atoms with Gasteiger partial charge < -0.3 is 5.32 Å². The number of carbonyl (C=O) groups is 1. The van der Waals surface area contributed by atoms with Crippen LogP contribution in [0.25, 0.3) is 16.9 Å². The van der Waals surface area contributed by atoms with Gasteiger partial charge in [0.1, 0.15) is 5.82 Å². The first-order valence-electron chi connectivity index (χ1n) is 10.2. The van der Waals surface area contributed by atoms with E-state index in [1.54, 1.807) is 0 Å². The first-order chi connectivity index (χ1) is 14.6. The number of para-hydroxylation sites is 1. The van der Waals surface area contributed by atoms with Crippen LogP contribution in [0.1, 0.15) is 23.1 Å². The van der Waals surface area contributed by atoms with E-state index in [1.807, 2.05) is 72.3 Å². The molecular weight excluding hydrogens is 370 g/mol. The van der Waals surface area contributed by atoms with Gasteiger partial charge in [-0.15, -0.1) is 0 Å².